The lowest BCUT2D eigenvalue weighted by Crippen LogP contribution is -2.41. The summed E-state index contributed by atoms with van der Waals surface area (Å²) in [7, 11) is 0. The van der Waals surface area contributed by atoms with Crippen LogP contribution in [0.4, 0.5) is 0 Å². The summed E-state index contributed by atoms with van der Waals surface area (Å²) in [5.74, 6) is -0.709. The molecule has 5 nitrogen and oxygen atoms in total. The third kappa shape index (κ3) is 3.00. The van der Waals surface area contributed by atoms with Gasteiger partial charge in [0, 0.05) is 16.2 Å². The first-order valence-electron chi connectivity index (χ1n) is 6.70. The van der Waals surface area contributed by atoms with E-state index in [0.717, 1.165) is 23.7 Å². The summed E-state index contributed by atoms with van der Waals surface area (Å²) < 4.78 is 0.776. The first-order valence-corrected chi connectivity index (χ1v) is 7.49. The van der Waals surface area contributed by atoms with Crippen LogP contribution in [-0.2, 0) is 12.8 Å². The zero-order valence-corrected chi connectivity index (χ0v) is 12.8. The Kier molecular flexibility index (Phi) is 3.79. The number of aromatic amines is 1. The minimum Gasteiger partial charge on any atom is -0.356 e. The molecule has 1 aromatic carbocycles. The zero-order valence-electron chi connectivity index (χ0n) is 11.2. The van der Waals surface area contributed by atoms with Gasteiger partial charge in [-0.15, -0.1) is 0 Å². The van der Waals surface area contributed by atoms with E-state index in [2.05, 4.69) is 31.8 Å². The number of carbonyl (C=O) groups is 2. The SMILES string of the molecule is O=C(NNC(=O)c1cc(Br)c[nH]1)c1ccc2c(c1)CCC2. The molecule has 3 rings (SSSR count). The number of hydrazine groups is 1. The van der Waals surface area contributed by atoms with Crippen LogP contribution in [0, 0.1) is 0 Å². The first kappa shape index (κ1) is 13.9. The predicted octanol–water partition coefficient (Wildman–Crippen LogP) is 2.34. The number of rotatable bonds is 2. The van der Waals surface area contributed by atoms with Gasteiger partial charge in [0.05, 0.1) is 0 Å². The Bertz CT molecular complexity index is 709. The molecule has 0 saturated carbocycles. The molecule has 6 heteroatoms. The van der Waals surface area contributed by atoms with E-state index < -0.39 is 5.91 Å². The molecule has 0 aliphatic heterocycles. The number of amides is 2. The highest BCUT2D eigenvalue weighted by atomic mass is 79.9. The fourth-order valence-electron chi connectivity index (χ4n) is 2.47. The average Bonchev–Trinajstić information content (AvgIpc) is 3.12. The maximum atomic E-state index is 12.0. The highest BCUT2D eigenvalue weighted by molar-refractivity contribution is 9.10. The van der Waals surface area contributed by atoms with E-state index in [1.165, 1.54) is 11.1 Å². The highest BCUT2D eigenvalue weighted by Crippen LogP contribution is 2.22. The number of nitrogens with one attached hydrogen (secondary N) is 3. The van der Waals surface area contributed by atoms with Crippen LogP contribution >= 0.6 is 15.9 Å². The van der Waals surface area contributed by atoms with Gasteiger partial charge in [-0.3, -0.25) is 20.4 Å². The minimum absolute atomic E-state index is 0.316. The predicted molar refractivity (Wildman–Crippen MR) is 81.9 cm³/mol. The summed E-state index contributed by atoms with van der Waals surface area (Å²) in [5.41, 5.74) is 8.28. The van der Waals surface area contributed by atoms with Gasteiger partial charge in [0.1, 0.15) is 5.69 Å². The van der Waals surface area contributed by atoms with E-state index in [0.29, 0.717) is 11.3 Å². The van der Waals surface area contributed by atoms with E-state index in [9.17, 15) is 9.59 Å². The molecule has 1 aromatic heterocycles. The van der Waals surface area contributed by atoms with Gasteiger partial charge in [-0.05, 0) is 64.5 Å². The number of hydrogen-bond donors (Lipinski definition) is 3. The molecule has 0 spiro atoms. The molecule has 108 valence electrons. The van der Waals surface area contributed by atoms with Crippen molar-refractivity contribution in [3.8, 4) is 0 Å². The van der Waals surface area contributed by atoms with Gasteiger partial charge in [-0.1, -0.05) is 6.07 Å². The van der Waals surface area contributed by atoms with Crippen LogP contribution in [-0.4, -0.2) is 16.8 Å². The molecule has 0 radical (unpaired) electrons. The second-order valence-electron chi connectivity index (χ2n) is 4.98. The van der Waals surface area contributed by atoms with Gasteiger partial charge in [0.15, 0.2) is 0 Å². The first-order chi connectivity index (χ1) is 10.1. The van der Waals surface area contributed by atoms with Gasteiger partial charge in [0.2, 0.25) is 0 Å². The van der Waals surface area contributed by atoms with Gasteiger partial charge in [-0.25, -0.2) is 0 Å². The molecular weight excluding hydrogens is 334 g/mol. The molecule has 2 amide bonds. The third-order valence-electron chi connectivity index (χ3n) is 3.54. The lowest BCUT2D eigenvalue weighted by atomic mass is 10.1. The summed E-state index contributed by atoms with van der Waals surface area (Å²) in [6.45, 7) is 0. The van der Waals surface area contributed by atoms with Crippen LogP contribution in [0.25, 0.3) is 0 Å². The molecule has 21 heavy (non-hydrogen) atoms. The summed E-state index contributed by atoms with van der Waals surface area (Å²) in [5, 5.41) is 0. The summed E-state index contributed by atoms with van der Waals surface area (Å²) in [6.07, 6.45) is 4.88. The van der Waals surface area contributed by atoms with Gasteiger partial charge >= 0.3 is 0 Å². The summed E-state index contributed by atoms with van der Waals surface area (Å²) in [4.78, 5) is 26.6. The van der Waals surface area contributed by atoms with Crippen molar-refractivity contribution >= 4 is 27.7 Å². The van der Waals surface area contributed by atoms with Crippen LogP contribution in [0.15, 0.2) is 34.9 Å². The monoisotopic (exact) mass is 347 g/mol. The lowest BCUT2D eigenvalue weighted by Gasteiger charge is -2.08. The van der Waals surface area contributed by atoms with Crippen molar-refractivity contribution in [1.82, 2.24) is 15.8 Å². The maximum Gasteiger partial charge on any atom is 0.286 e. The highest BCUT2D eigenvalue weighted by Gasteiger charge is 2.15. The van der Waals surface area contributed by atoms with Crippen molar-refractivity contribution in [1.29, 1.82) is 0 Å². The Morgan fingerprint density at radius 2 is 1.81 bits per heavy atom. The van der Waals surface area contributed by atoms with E-state index in [-0.39, 0.29) is 5.91 Å². The number of aryl methyl sites for hydroxylation is 2. The number of carbonyl (C=O) groups excluding carboxylic acids is 2. The number of H-pyrrole nitrogens is 1. The van der Waals surface area contributed by atoms with Crippen molar-refractivity contribution in [2.24, 2.45) is 0 Å². The van der Waals surface area contributed by atoms with Crippen LogP contribution < -0.4 is 10.9 Å². The molecule has 0 bridgehead atoms. The second kappa shape index (κ2) is 5.73. The molecular formula is C15H14BrN3O2. The van der Waals surface area contributed by atoms with Gasteiger partial charge in [-0.2, -0.15) is 0 Å². The number of fused-ring (bicyclic) bond motifs is 1. The molecule has 1 aliphatic rings. The van der Waals surface area contributed by atoms with Gasteiger partial charge in [0.25, 0.3) is 11.8 Å². The van der Waals surface area contributed by atoms with Crippen LogP contribution in [0.2, 0.25) is 0 Å². The van der Waals surface area contributed by atoms with Gasteiger partial charge < -0.3 is 4.98 Å². The molecule has 0 saturated heterocycles. The normalized spacial score (nSPS) is 12.8. The lowest BCUT2D eigenvalue weighted by molar-refractivity contribution is 0.0844. The number of hydrogen-bond acceptors (Lipinski definition) is 2. The standard InChI is InChI=1S/C15H14BrN3O2/c16-12-7-13(17-8-12)15(21)19-18-14(20)11-5-4-9-2-1-3-10(9)6-11/h4-8,17H,1-3H2,(H,18,20)(H,19,21). The second-order valence-corrected chi connectivity index (χ2v) is 5.89. The molecule has 1 aliphatic carbocycles. The van der Waals surface area contributed by atoms with E-state index >= 15 is 0 Å². The van der Waals surface area contributed by atoms with Crippen LogP contribution in [0.5, 0.6) is 0 Å². The van der Waals surface area contributed by atoms with Crippen molar-refractivity contribution in [3.63, 3.8) is 0 Å². The van der Waals surface area contributed by atoms with E-state index in [1.807, 2.05) is 12.1 Å². The topological polar surface area (TPSA) is 74.0 Å². The Labute approximate surface area is 130 Å². The largest absolute Gasteiger partial charge is 0.356 e. The minimum atomic E-state index is -0.393. The Hall–Kier alpha value is -2.08. The fraction of sp³-hybridized carbons (Fsp3) is 0.200. The Morgan fingerprint density at radius 1 is 1.05 bits per heavy atom. The fourth-order valence-corrected chi connectivity index (χ4v) is 2.81. The molecule has 1 heterocycles. The Balaban J connectivity index is 1.63. The summed E-state index contributed by atoms with van der Waals surface area (Å²) >= 11 is 3.25. The van der Waals surface area contributed by atoms with Crippen LogP contribution in [0.1, 0.15) is 38.4 Å². The molecule has 0 fully saturated rings. The molecule has 0 atom stereocenters. The van der Waals surface area contributed by atoms with Crippen molar-refractivity contribution in [2.75, 3.05) is 0 Å². The summed E-state index contributed by atoms with van der Waals surface area (Å²) in [6, 6.07) is 7.31. The zero-order chi connectivity index (χ0) is 14.8. The molecule has 3 N–H and O–H groups in total. The number of aromatic nitrogens is 1. The molecule has 2 aromatic rings. The average molecular weight is 348 g/mol. The van der Waals surface area contributed by atoms with Crippen LogP contribution in [0.3, 0.4) is 0 Å². The van der Waals surface area contributed by atoms with E-state index in [1.54, 1.807) is 18.3 Å². The van der Waals surface area contributed by atoms with Crippen molar-refractivity contribution in [2.45, 2.75) is 19.3 Å². The van der Waals surface area contributed by atoms with Crippen molar-refractivity contribution in [3.05, 3.63) is 57.3 Å². The third-order valence-corrected chi connectivity index (χ3v) is 4.00. The smallest absolute Gasteiger partial charge is 0.286 e. The molecule has 0 unspecified atom stereocenters. The number of halogens is 1. The number of benzene rings is 1. The Morgan fingerprint density at radius 3 is 2.57 bits per heavy atom. The van der Waals surface area contributed by atoms with E-state index in [4.69, 9.17) is 0 Å². The quantitative estimate of drug-likeness (QED) is 0.729. The van der Waals surface area contributed by atoms with Crippen molar-refractivity contribution < 1.29 is 9.59 Å². The maximum absolute atomic E-state index is 12.0.